The van der Waals surface area contributed by atoms with Gasteiger partial charge < -0.3 is 9.73 Å². The van der Waals surface area contributed by atoms with Gasteiger partial charge in [-0.3, -0.25) is 9.69 Å². The highest BCUT2D eigenvalue weighted by Gasteiger charge is 2.54. The van der Waals surface area contributed by atoms with E-state index in [0.717, 1.165) is 30.2 Å². The molecule has 0 bridgehead atoms. The summed E-state index contributed by atoms with van der Waals surface area (Å²) in [6.45, 7) is 4.01. The highest BCUT2D eigenvalue weighted by atomic mass is 16.4. The fourth-order valence-corrected chi connectivity index (χ4v) is 4.28. The molecule has 1 aromatic heterocycles. The van der Waals surface area contributed by atoms with Crippen molar-refractivity contribution in [3.05, 3.63) is 45.8 Å². The second-order valence-electron chi connectivity index (χ2n) is 7.53. The number of nitrogens with zero attached hydrogens (tertiary/aromatic N) is 1. The molecule has 2 heterocycles. The van der Waals surface area contributed by atoms with Gasteiger partial charge in [-0.1, -0.05) is 31.9 Å². The van der Waals surface area contributed by atoms with Gasteiger partial charge in [-0.05, 0) is 42.9 Å². The average molecular weight is 354 g/mol. The molecule has 1 N–H and O–H groups in total. The first-order valence-electron chi connectivity index (χ1n) is 9.08. The monoisotopic (exact) mass is 354 g/mol. The van der Waals surface area contributed by atoms with Crippen molar-refractivity contribution >= 4 is 22.9 Å². The molecule has 3 amide bonds. The number of imide groups is 1. The molecule has 1 saturated carbocycles. The van der Waals surface area contributed by atoms with Crippen LogP contribution in [0.5, 0.6) is 0 Å². The van der Waals surface area contributed by atoms with Gasteiger partial charge in [-0.15, -0.1) is 0 Å². The molecule has 1 spiro atoms. The third-order valence-corrected chi connectivity index (χ3v) is 5.82. The van der Waals surface area contributed by atoms with E-state index in [-0.39, 0.29) is 24.4 Å². The lowest BCUT2D eigenvalue weighted by Crippen LogP contribution is -2.53. The fourth-order valence-electron chi connectivity index (χ4n) is 4.28. The van der Waals surface area contributed by atoms with Gasteiger partial charge in [0.2, 0.25) is 0 Å². The van der Waals surface area contributed by atoms with Gasteiger partial charge in [0.05, 0.1) is 6.54 Å². The number of urea groups is 1. The van der Waals surface area contributed by atoms with Crippen LogP contribution in [-0.4, -0.2) is 22.4 Å². The van der Waals surface area contributed by atoms with Gasteiger partial charge in [0.1, 0.15) is 11.1 Å². The quantitative estimate of drug-likeness (QED) is 0.664. The van der Waals surface area contributed by atoms with E-state index in [0.29, 0.717) is 17.6 Å². The lowest BCUT2D eigenvalue weighted by molar-refractivity contribution is -0.134. The van der Waals surface area contributed by atoms with Gasteiger partial charge in [0, 0.05) is 11.5 Å². The summed E-state index contributed by atoms with van der Waals surface area (Å²) in [6, 6.07) is 6.56. The summed E-state index contributed by atoms with van der Waals surface area (Å²) in [4.78, 5) is 38.9. The summed E-state index contributed by atoms with van der Waals surface area (Å²) in [5.74, 6) is -0.0684. The first-order chi connectivity index (χ1) is 12.4. The van der Waals surface area contributed by atoms with Crippen molar-refractivity contribution in [1.29, 1.82) is 0 Å². The van der Waals surface area contributed by atoms with Crippen molar-refractivity contribution < 1.29 is 14.0 Å². The molecule has 1 saturated heterocycles. The Morgan fingerprint density at radius 1 is 1.23 bits per heavy atom. The Morgan fingerprint density at radius 3 is 2.81 bits per heavy atom. The zero-order chi connectivity index (χ0) is 18.5. The summed E-state index contributed by atoms with van der Waals surface area (Å²) in [6.07, 6.45) is 3.61. The zero-order valence-corrected chi connectivity index (χ0v) is 15.0. The first kappa shape index (κ1) is 16.8. The minimum atomic E-state index is -0.791. The lowest BCUT2D eigenvalue weighted by atomic mass is 9.73. The number of carbonyl (C=O) groups is 2. The number of fused-ring (bicyclic) bond motifs is 1. The normalized spacial score (nSPS) is 25.9. The second kappa shape index (κ2) is 5.97. The number of nitrogens with one attached hydrogen (secondary N) is 1. The molecule has 2 aromatic rings. The third-order valence-electron chi connectivity index (χ3n) is 5.82. The number of rotatable bonds is 2. The second-order valence-corrected chi connectivity index (χ2v) is 7.53. The number of amides is 3. The van der Waals surface area contributed by atoms with Gasteiger partial charge in [-0.2, -0.15) is 0 Å². The molecule has 6 nitrogen and oxygen atoms in total. The van der Waals surface area contributed by atoms with Crippen LogP contribution in [0.25, 0.3) is 11.0 Å². The maximum absolute atomic E-state index is 13.1. The smallest absolute Gasteiger partial charge is 0.336 e. The topological polar surface area (TPSA) is 79.6 Å². The van der Waals surface area contributed by atoms with Crippen molar-refractivity contribution in [1.82, 2.24) is 10.2 Å². The van der Waals surface area contributed by atoms with Crippen LogP contribution in [0.1, 0.15) is 43.7 Å². The van der Waals surface area contributed by atoms with Crippen LogP contribution < -0.4 is 10.9 Å². The van der Waals surface area contributed by atoms with Crippen molar-refractivity contribution in [2.75, 3.05) is 0 Å². The number of aryl methyl sites for hydroxylation is 1. The Kier molecular flexibility index (Phi) is 3.86. The van der Waals surface area contributed by atoms with E-state index in [4.69, 9.17) is 4.42 Å². The van der Waals surface area contributed by atoms with Crippen molar-refractivity contribution in [3.8, 4) is 0 Å². The summed E-state index contributed by atoms with van der Waals surface area (Å²) in [5, 5.41) is 3.69. The number of benzene rings is 1. The van der Waals surface area contributed by atoms with Crippen LogP contribution in [0.2, 0.25) is 0 Å². The van der Waals surface area contributed by atoms with E-state index in [9.17, 15) is 14.4 Å². The molecule has 2 fully saturated rings. The summed E-state index contributed by atoms with van der Waals surface area (Å²) < 4.78 is 5.27. The Hall–Kier alpha value is -2.63. The van der Waals surface area contributed by atoms with Gasteiger partial charge >= 0.3 is 11.7 Å². The summed E-state index contributed by atoms with van der Waals surface area (Å²) in [5.41, 5.74) is 0.801. The Bertz CT molecular complexity index is 964. The Balaban J connectivity index is 1.72. The lowest BCUT2D eigenvalue weighted by Gasteiger charge is -2.36. The first-order valence-corrected chi connectivity index (χ1v) is 9.08. The molecule has 1 aliphatic heterocycles. The predicted molar refractivity (Wildman–Crippen MR) is 96.7 cm³/mol. The minimum absolute atomic E-state index is 0.0737. The Morgan fingerprint density at radius 2 is 2.04 bits per heavy atom. The highest BCUT2D eigenvalue weighted by Crippen LogP contribution is 2.38. The average Bonchev–Trinajstić information content (AvgIpc) is 2.82. The molecule has 0 radical (unpaired) electrons. The van der Waals surface area contributed by atoms with Crippen LogP contribution in [0.3, 0.4) is 0 Å². The van der Waals surface area contributed by atoms with Crippen LogP contribution >= 0.6 is 0 Å². The predicted octanol–water partition coefficient (Wildman–Crippen LogP) is 3.10. The summed E-state index contributed by atoms with van der Waals surface area (Å²) in [7, 11) is 0. The molecule has 2 aliphatic rings. The van der Waals surface area contributed by atoms with Crippen LogP contribution in [0, 0.1) is 12.8 Å². The van der Waals surface area contributed by atoms with Crippen molar-refractivity contribution in [3.63, 3.8) is 0 Å². The number of hydrogen-bond donors (Lipinski definition) is 1. The van der Waals surface area contributed by atoms with Crippen LogP contribution in [0.15, 0.2) is 33.5 Å². The van der Waals surface area contributed by atoms with E-state index >= 15 is 0 Å². The van der Waals surface area contributed by atoms with Crippen molar-refractivity contribution in [2.45, 2.75) is 51.6 Å². The molecular weight excluding hydrogens is 332 g/mol. The number of hydrogen-bond acceptors (Lipinski definition) is 4. The maximum atomic E-state index is 13.1. The van der Waals surface area contributed by atoms with E-state index in [1.807, 2.05) is 26.0 Å². The number of carbonyl (C=O) groups excluding carboxylic acids is 2. The zero-order valence-electron chi connectivity index (χ0n) is 15.0. The van der Waals surface area contributed by atoms with Crippen LogP contribution in [-0.2, 0) is 11.3 Å². The fraction of sp³-hybridized carbons (Fsp3) is 0.450. The molecular formula is C20H22N2O4. The third kappa shape index (κ3) is 2.52. The van der Waals surface area contributed by atoms with Crippen molar-refractivity contribution in [2.24, 2.45) is 5.92 Å². The Labute approximate surface area is 151 Å². The van der Waals surface area contributed by atoms with Crippen LogP contribution in [0.4, 0.5) is 4.79 Å². The van der Waals surface area contributed by atoms with E-state index in [1.54, 1.807) is 6.07 Å². The molecule has 26 heavy (non-hydrogen) atoms. The standard InChI is InChI=1S/C20H22N2O4/c1-12-6-7-15-14(10-17(23)26-16(15)9-12)11-22-18(24)20(21-19(22)25)8-4-3-5-13(20)2/h6-7,9-10,13H,3-5,8,11H2,1-2H3,(H,21,25). The van der Waals surface area contributed by atoms with E-state index in [2.05, 4.69) is 5.32 Å². The largest absolute Gasteiger partial charge is 0.423 e. The molecule has 1 aromatic carbocycles. The molecule has 2 atom stereocenters. The maximum Gasteiger partial charge on any atom is 0.336 e. The molecule has 2 unspecified atom stereocenters. The van der Waals surface area contributed by atoms with Gasteiger partial charge in [0.15, 0.2) is 0 Å². The van der Waals surface area contributed by atoms with Gasteiger partial charge in [0.25, 0.3) is 5.91 Å². The van der Waals surface area contributed by atoms with Gasteiger partial charge in [-0.25, -0.2) is 9.59 Å². The summed E-state index contributed by atoms with van der Waals surface area (Å²) >= 11 is 0. The highest BCUT2D eigenvalue weighted by molar-refractivity contribution is 6.07. The minimum Gasteiger partial charge on any atom is -0.423 e. The molecule has 136 valence electrons. The van der Waals surface area contributed by atoms with E-state index < -0.39 is 11.2 Å². The molecule has 6 heteroatoms. The molecule has 1 aliphatic carbocycles. The van der Waals surface area contributed by atoms with E-state index in [1.165, 1.54) is 11.0 Å². The SMILES string of the molecule is Cc1ccc2c(CN3C(=O)NC4(CCCCC4C)C3=O)cc(=O)oc2c1. The molecule has 4 rings (SSSR count).